The van der Waals surface area contributed by atoms with Crippen LogP contribution in [-0.2, 0) is 16.8 Å². The predicted octanol–water partition coefficient (Wildman–Crippen LogP) is 6.64. The van der Waals surface area contributed by atoms with Crippen LogP contribution in [0.15, 0.2) is 78.0 Å². The lowest BCUT2D eigenvalue weighted by Crippen LogP contribution is -2.16. The van der Waals surface area contributed by atoms with Crippen LogP contribution < -0.4 is 5.32 Å². The van der Waals surface area contributed by atoms with Gasteiger partial charge >= 0.3 is 0 Å². The van der Waals surface area contributed by atoms with Gasteiger partial charge < -0.3 is 5.32 Å². The summed E-state index contributed by atoms with van der Waals surface area (Å²) < 4.78 is 2.10. The van der Waals surface area contributed by atoms with Crippen LogP contribution >= 0.6 is 11.8 Å². The summed E-state index contributed by atoms with van der Waals surface area (Å²) in [4.78, 5) is 12.8. The number of para-hydroxylation sites is 1. The molecule has 1 amide bonds. The molecule has 180 valence electrons. The number of aryl methyl sites for hydroxylation is 2. The largest absolute Gasteiger partial charge is 0.325 e. The number of carbonyl (C=O) groups excluding carboxylic acids is 1. The van der Waals surface area contributed by atoms with Gasteiger partial charge in [0, 0.05) is 11.3 Å². The highest BCUT2D eigenvalue weighted by Gasteiger charge is 2.18. The highest BCUT2D eigenvalue weighted by molar-refractivity contribution is 7.99. The average molecular weight is 485 g/mol. The van der Waals surface area contributed by atoms with Gasteiger partial charge in [0.25, 0.3) is 0 Å². The van der Waals surface area contributed by atoms with Crippen molar-refractivity contribution in [3.8, 4) is 11.4 Å². The van der Waals surface area contributed by atoms with Crippen molar-refractivity contribution in [3.05, 3.63) is 95.1 Å². The molecule has 3 aromatic carbocycles. The third-order valence-corrected chi connectivity index (χ3v) is 6.95. The number of hydrogen-bond acceptors (Lipinski definition) is 4. The molecule has 0 atom stereocenters. The lowest BCUT2D eigenvalue weighted by atomic mass is 9.87. The Hall–Kier alpha value is -3.38. The smallest absolute Gasteiger partial charge is 0.234 e. The maximum absolute atomic E-state index is 12.8. The van der Waals surface area contributed by atoms with Gasteiger partial charge in [0.05, 0.1) is 12.3 Å². The summed E-state index contributed by atoms with van der Waals surface area (Å²) in [5.74, 6) is 0.994. The molecule has 0 spiro atoms. The first kappa shape index (κ1) is 24.7. The average Bonchev–Trinajstić information content (AvgIpc) is 3.22. The summed E-state index contributed by atoms with van der Waals surface area (Å²) in [6.07, 6.45) is 0. The minimum absolute atomic E-state index is 0.0576. The lowest BCUT2D eigenvalue weighted by molar-refractivity contribution is -0.113. The summed E-state index contributed by atoms with van der Waals surface area (Å²) in [7, 11) is 0. The second-order valence-electron chi connectivity index (χ2n) is 9.81. The number of amides is 1. The zero-order chi connectivity index (χ0) is 25.0. The molecule has 35 heavy (non-hydrogen) atoms. The number of benzene rings is 3. The van der Waals surface area contributed by atoms with Crippen molar-refractivity contribution >= 4 is 23.4 Å². The molecule has 0 aliphatic heterocycles. The maximum Gasteiger partial charge on any atom is 0.234 e. The molecule has 4 aromatic rings. The van der Waals surface area contributed by atoms with Crippen molar-refractivity contribution in [2.75, 3.05) is 11.1 Å². The number of carbonyl (C=O) groups is 1. The highest BCUT2D eigenvalue weighted by atomic mass is 32.2. The fraction of sp³-hybridized carbons (Fsp3) is 0.276. The molecule has 0 bridgehead atoms. The van der Waals surface area contributed by atoms with Gasteiger partial charge in [0.1, 0.15) is 0 Å². The zero-order valence-electron chi connectivity index (χ0n) is 21.0. The molecule has 0 saturated heterocycles. The van der Waals surface area contributed by atoms with Gasteiger partial charge in [0.2, 0.25) is 5.91 Å². The highest BCUT2D eigenvalue weighted by Crippen LogP contribution is 2.29. The number of nitrogens with zero attached hydrogens (tertiary/aromatic N) is 3. The third-order valence-electron chi connectivity index (χ3n) is 5.99. The summed E-state index contributed by atoms with van der Waals surface area (Å²) in [6.45, 7) is 11.3. The SMILES string of the molecule is Cc1cccc(C)c1NC(=O)CSc1nnc(-c2ccc(C(C)(C)C)cc2)n1Cc1ccccc1. The molecule has 4 rings (SSSR count). The first-order chi connectivity index (χ1) is 16.7. The Balaban J connectivity index is 1.58. The van der Waals surface area contributed by atoms with Crippen molar-refractivity contribution < 1.29 is 4.79 Å². The fourth-order valence-corrected chi connectivity index (χ4v) is 4.69. The minimum atomic E-state index is -0.0576. The Bertz CT molecular complexity index is 1280. The number of anilines is 1. The molecule has 6 heteroatoms. The van der Waals surface area contributed by atoms with E-state index >= 15 is 0 Å². The van der Waals surface area contributed by atoms with Gasteiger partial charge in [0.15, 0.2) is 11.0 Å². The molecule has 0 radical (unpaired) electrons. The van der Waals surface area contributed by atoms with E-state index in [1.165, 1.54) is 17.3 Å². The Kier molecular flexibility index (Phi) is 7.41. The van der Waals surface area contributed by atoms with Crippen LogP contribution in [0.25, 0.3) is 11.4 Å². The van der Waals surface area contributed by atoms with Gasteiger partial charge in [-0.2, -0.15) is 0 Å². The minimum Gasteiger partial charge on any atom is -0.325 e. The summed E-state index contributed by atoms with van der Waals surface area (Å²) in [5.41, 5.74) is 6.50. The molecule has 0 aliphatic rings. The summed E-state index contributed by atoms with van der Waals surface area (Å²) in [6, 6.07) is 24.8. The molecule has 0 saturated carbocycles. The van der Waals surface area contributed by atoms with Gasteiger partial charge in [-0.3, -0.25) is 9.36 Å². The fourth-order valence-electron chi connectivity index (χ4n) is 3.95. The topological polar surface area (TPSA) is 59.8 Å². The van der Waals surface area contributed by atoms with Gasteiger partial charge in [-0.1, -0.05) is 105 Å². The van der Waals surface area contributed by atoms with Crippen LogP contribution in [0.5, 0.6) is 0 Å². The Morgan fingerprint density at radius 3 is 2.17 bits per heavy atom. The van der Waals surface area contributed by atoms with E-state index in [9.17, 15) is 4.79 Å². The van der Waals surface area contributed by atoms with Crippen LogP contribution in [-0.4, -0.2) is 26.4 Å². The van der Waals surface area contributed by atoms with Crippen molar-refractivity contribution in [2.45, 2.75) is 51.7 Å². The van der Waals surface area contributed by atoms with E-state index in [-0.39, 0.29) is 17.1 Å². The Morgan fingerprint density at radius 1 is 0.886 bits per heavy atom. The van der Waals surface area contributed by atoms with E-state index in [0.29, 0.717) is 6.54 Å². The van der Waals surface area contributed by atoms with Crippen molar-refractivity contribution in [1.29, 1.82) is 0 Å². The second-order valence-corrected chi connectivity index (χ2v) is 10.8. The Morgan fingerprint density at radius 2 is 1.54 bits per heavy atom. The van der Waals surface area contributed by atoms with E-state index < -0.39 is 0 Å². The number of aromatic nitrogens is 3. The predicted molar refractivity (Wildman–Crippen MR) is 145 cm³/mol. The molecule has 0 aliphatic carbocycles. The maximum atomic E-state index is 12.8. The number of nitrogens with one attached hydrogen (secondary N) is 1. The van der Waals surface area contributed by atoms with Crippen LogP contribution in [0.3, 0.4) is 0 Å². The van der Waals surface area contributed by atoms with Crippen LogP contribution in [0, 0.1) is 13.8 Å². The molecule has 1 heterocycles. The van der Waals surface area contributed by atoms with E-state index in [4.69, 9.17) is 0 Å². The number of thioether (sulfide) groups is 1. The van der Waals surface area contributed by atoms with Gasteiger partial charge in [-0.05, 0) is 41.5 Å². The Labute approximate surface area is 212 Å². The van der Waals surface area contributed by atoms with Crippen molar-refractivity contribution in [2.24, 2.45) is 0 Å². The molecular formula is C29H32N4OS. The first-order valence-corrected chi connectivity index (χ1v) is 12.8. The first-order valence-electron chi connectivity index (χ1n) is 11.8. The summed E-state index contributed by atoms with van der Waals surface area (Å²) >= 11 is 1.41. The second kappa shape index (κ2) is 10.5. The molecule has 0 unspecified atom stereocenters. The standard InChI is InChI=1S/C29H32N4OS/c1-20-10-9-11-21(2)26(20)30-25(34)19-35-28-32-31-27(33(28)18-22-12-7-6-8-13-22)23-14-16-24(17-15-23)29(3,4)5/h6-17H,18-19H2,1-5H3,(H,30,34). The van der Waals surface area contributed by atoms with Crippen LogP contribution in [0.2, 0.25) is 0 Å². The number of hydrogen-bond donors (Lipinski definition) is 1. The quantitative estimate of drug-likeness (QED) is 0.299. The van der Waals surface area contributed by atoms with Crippen LogP contribution in [0.4, 0.5) is 5.69 Å². The van der Waals surface area contributed by atoms with E-state index in [0.717, 1.165) is 38.9 Å². The molecular weight excluding hydrogens is 452 g/mol. The van der Waals surface area contributed by atoms with Crippen LogP contribution in [0.1, 0.15) is 43.0 Å². The lowest BCUT2D eigenvalue weighted by Gasteiger charge is -2.19. The van der Waals surface area contributed by atoms with E-state index in [1.807, 2.05) is 50.2 Å². The zero-order valence-corrected chi connectivity index (χ0v) is 21.8. The summed E-state index contributed by atoms with van der Waals surface area (Å²) in [5, 5.41) is 12.8. The van der Waals surface area contributed by atoms with E-state index in [2.05, 4.69) is 77.3 Å². The van der Waals surface area contributed by atoms with E-state index in [1.54, 1.807) is 0 Å². The van der Waals surface area contributed by atoms with Crippen molar-refractivity contribution in [1.82, 2.24) is 14.8 Å². The number of rotatable bonds is 7. The normalized spacial score (nSPS) is 11.5. The van der Waals surface area contributed by atoms with Crippen molar-refractivity contribution in [3.63, 3.8) is 0 Å². The molecule has 5 nitrogen and oxygen atoms in total. The molecule has 0 fully saturated rings. The van der Waals surface area contributed by atoms with Gasteiger partial charge in [-0.15, -0.1) is 10.2 Å². The molecule has 1 aromatic heterocycles. The third kappa shape index (κ3) is 6.01. The van der Waals surface area contributed by atoms with Gasteiger partial charge in [-0.25, -0.2) is 0 Å². The monoisotopic (exact) mass is 484 g/mol. The molecule has 1 N–H and O–H groups in total.